The number of esters is 1. The standard InChI is InChI=1S/C22H24N2O4S/c1-13-8-9-16-17(12-13)29-22-19(16)21(26)23-20(24-22)14(2)28-18(25)10-11-27-15-6-4-3-5-7-15/h3-7,13-14H,8-12H2,1-2H3,(H,23,24,26)/t13-,14+/m0/s1. The maximum absolute atomic E-state index is 12.7. The summed E-state index contributed by atoms with van der Waals surface area (Å²) in [5.41, 5.74) is 0.999. The lowest BCUT2D eigenvalue weighted by molar-refractivity contribution is -0.149. The number of rotatable bonds is 6. The Morgan fingerprint density at radius 3 is 2.93 bits per heavy atom. The van der Waals surface area contributed by atoms with Crippen LogP contribution in [0.3, 0.4) is 0 Å². The van der Waals surface area contributed by atoms with Gasteiger partial charge < -0.3 is 14.5 Å². The van der Waals surface area contributed by atoms with Gasteiger partial charge in [-0.3, -0.25) is 9.59 Å². The lowest BCUT2D eigenvalue weighted by Crippen LogP contribution is -2.19. The molecule has 0 spiro atoms. The van der Waals surface area contributed by atoms with Gasteiger partial charge in [-0.25, -0.2) is 4.98 Å². The topological polar surface area (TPSA) is 81.3 Å². The zero-order chi connectivity index (χ0) is 20.4. The fourth-order valence-corrected chi connectivity index (χ4v) is 5.03. The number of H-pyrrole nitrogens is 1. The summed E-state index contributed by atoms with van der Waals surface area (Å²) in [5.74, 6) is 1.33. The Hall–Kier alpha value is -2.67. The molecule has 0 aliphatic heterocycles. The molecule has 3 aromatic rings. The summed E-state index contributed by atoms with van der Waals surface area (Å²) >= 11 is 1.59. The van der Waals surface area contributed by atoms with Gasteiger partial charge in [-0.2, -0.15) is 0 Å². The number of nitrogens with zero attached hydrogens (tertiary/aromatic N) is 1. The van der Waals surface area contributed by atoms with Crippen molar-refractivity contribution in [3.05, 3.63) is 57.0 Å². The second kappa shape index (κ2) is 8.37. The van der Waals surface area contributed by atoms with Gasteiger partial charge in [0.1, 0.15) is 10.6 Å². The highest BCUT2D eigenvalue weighted by Gasteiger charge is 2.24. The van der Waals surface area contributed by atoms with E-state index in [1.54, 1.807) is 18.3 Å². The zero-order valence-electron chi connectivity index (χ0n) is 16.6. The van der Waals surface area contributed by atoms with Crippen LogP contribution in [0.2, 0.25) is 0 Å². The molecule has 0 bridgehead atoms. The van der Waals surface area contributed by atoms with Crippen LogP contribution in [0, 0.1) is 5.92 Å². The maximum Gasteiger partial charge on any atom is 0.309 e. The Labute approximate surface area is 172 Å². The molecule has 1 N–H and O–H groups in total. The molecular weight excluding hydrogens is 388 g/mol. The van der Waals surface area contributed by atoms with Crippen molar-refractivity contribution in [1.82, 2.24) is 9.97 Å². The minimum Gasteiger partial charge on any atom is -0.493 e. The summed E-state index contributed by atoms with van der Waals surface area (Å²) in [6, 6.07) is 9.31. The molecule has 29 heavy (non-hydrogen) atoms. The number of benzene rings is 1. The number of carbonyl (C=O) groups excluding carboxylic acids is 1. The van der Waals surface area contributed by atoms with E-state index in [9.17, 15) is 9.59 Å². The molecule has 1 aliphatic carbocycles. The fourth-order valence-electron chi connectivity index (χ4n) is 3.64. The molecule has 4 rings (SSSR count). The highest BCUT2D eigenvalue weighted by molar-refractivity contribution is 7.18. The number of fused-ring (bicyclic) bond motifs is 3. The lowest BCUT2D eigenvalue weighted by Gasteiger charge is -2.17. The third-order valence-electron chi connectivity index (χ3n) is 5.20. The quantitative estimate of drug-likeness (QED) is 0.614. The van der Waals surface area contributed by atoms with E-state index >= 15 is 0 Å². The first-order chi connectivity index (χ1) is 14.0. The number of ether oxygens (including phenoxy) is 2. The number of nitrogens with one attached hydrogen (secondary N) is 1. The summed E-state index contributed by atoms with van der Waals surface area (Å²) < 4.78 is 11.0. The molecular formula is C22H24N2O4S. The molecule has 2 heterocycles. The molecule has 0 radical (unpaired) electrons. The molecule has 2 atom stereocenters. The summed E-state index contributed by atoms with van der Waals surface area (Å²) in [5, 5.41) is 0.704. The van der Waals surface area contributed by atoms with Crippen LogP contribution in [0.4, 0.5) is 0 Å². The van der Waals surface area contributed by atoms with Gasteiger partial charge in [0, 0.05) is 4.88 Å². The van der Waals surface area contributed by atoms with E-state index in [-0.39, 0.29) is 18.6 Å². The smallest absolute Gasteiger partial charge is 0.309 e. The average Bonchev–Trinajstić information content (AvgIpc) is 3.06. The minimum atomic E-state index is -0.630. The van der Waals surface area contributed by atoms with Gasteiger partial charge in [0.25, 0.3) is 5.56 Å². The number of aryl methyl sites for hydroxylation is 1. The maximum atomic E-state index is 12.7. The van der Waals surface area contributed by atoms with Crippen molar-refractivity contribution in [3.8, 4) is 5.75 Å². The van der Waals surface area contributed by atoms with Crippen LogP contribution in [0.1, 0.15) is 49.1 Å². The van der Waals surface area contributed by atoms with Gasteiger partial charge in [-0.1, -0.05) is 25.1 Å². The summed E-state index contributed by atoms with van der Waals surface area (Å²) in [4.78, 5) is 34.2. The molecule has 0 saturated carbocycles. The van der Waals surface area contributed by atoms with Crippen molar-refractivity contribution in [2.45, 2.75) is 45.6 Å². The van der Waals surface area contributed by atoms with Crippen molar-refractivity contribution in [2.75, 3.05) is 6.61 Å². The van der Waals surface area contributed by atoms with Crippen molar-refractivity contribution >= 4 is 27.5 Å². The Morgan fingerprint density at radius 1 is 1.34 bits per heavy atom. The summed E-state index contributed by atoms with van der Waals surface area (Å²) in [6.07, 6.45) is 2.51. The second-order valence-electron chi connectivity index (χ2n) is 7.53. The van der Waals surface area contributed by atoms with Gasteiger partial charge >= 0.3 is 5.97 Å². The van der Waals surface area contributed by atoms with Crippen molar-refractivity contribution in [2.24, 2.45) is 5.92 Å². The fraction of sp³-hybridized carbons (Fsp3) is 0.409. The largest absolute Gasteiger partial charge is 0.493 e. The molecule has 0 amide bonds. The van der Waals surface area contributed by atoms with Crippen LogP contribution < -0.4 is 10.3 Å². The Bertz CT molecular complexity index is 1070. The van der Waals surface area contributed by atoms with Gasteiger partial charge in [-0.15, -0.1) is 11.3 Å². The number of aromatic amines is 1. The molecule has 6 nitrogen and oxygen atoms in total. The van der Waals surface area contributed by atoms with Gasteiger partial charge in [-0.05, 0) is 49.8 Å². The van der Waals surface area contributed by atoms with Gasteiger partial charge in [0.15, 0.2) is 11.9 Å². The van der Waals surface area contributed by atoms with E-state index in [1.807, 2.05) is 30.3 Å². The summed E-state index contributed by atoms with van der Waals surface area (Å²) in [6.45, 7) is 4.18. The van der Waals surface area contributed by atoms with Crippen LogP contribution >= 0.6 is 11.3 Å². The number of hydrogen-bond acceptors (Lipinski definition) is 6. The van der Waals surface area contributed by atoms with E-state index < -0.39 is 12.1 Å². The van der Waals surface area contributed by atoms with Crippen LogP contribution in [0.5, 0.6) is 5.75 Å². The highest BCUT2D eigenvalue weighted by Crippen LogP contribution is 2.35. The minimum absolute atomic E-state index is 0.122. The molecule has 2 aromatic heterocycles. The monoisotopic (exact) mass is 412 g/mol. The first-order valence-corrected chi connectivity index (χ1v) is 10.7. The highest BCUT2D eigenvalue weighted by atomic mass is 32.1. The van der Waals surface area contributed by atoms with Crippen molar-refractivity contribution < 1.29 is 14.3 Å². The number of para-hydroxylation sites is 1. The van der Waals surface area contributed by atoms with Crippen LogP contribution in [0.15, 0.2) is 35.1 Å². The van der Waals surface area contributed by atoms with Crippen LogP contribution in [0.25, 0.3) is 10.2 Å². The van der Waals surface area contributed by atoms with Crippen LogP contribution in [-0.2, 0) is 22.4 Å². The molecule has 152 valence electrons. The van der Waals surface area contributed by atoms with Gasteiger partial charge in [0.05, 0.1) is 18.4 Å². The van der Waals surface area contributed by atoms with Gasteiger partial charge in [0.2, 0.25) is 0 Å². The SMILES string of the molecule is C[C@H]1CCc2c(sc3nc([C@@H](C)OC(=O)CCOc4ccccc4)[nH]c(=O)c23)C1. The molecule has 0 fully saturated rings. The molecule has 0 unspecified atom stereocenters. The number of aromatic nitrogens is 2. The lowest BCUT2D eigenvalue weighted by atomic mass is 9.89. The number of thiophene rings is 1. The predicted octanol–water partition coefficient (Wildman–Crippen LogP) is 4.18. The third-order valence-corrected chi connectivity index (χ3v) is 6.34. The Balaban J connectivity index is 1.42. The van der Waals surface area contributed by atoms with Crippen molar-refractivity contribution in [3.63, 3.8) is 0 Å². The Morgan fingerprint density at radius 2 is 2.14 bits per heavy atom. The average molecular weight is 413 g/mol. The number of hydrogen-bond donors (Lipinski definition) is 1. The van der Waals surface area contributed by atoms with E-state index in [0.717, 1.165) is 29.7 Å². The third kappa shape index (κ3) is 4.34. The predicted molar refractivity (Wildman–Crippen MR) is 112 cm³/mol. The molecule has 7 heteroatoms. The zero-order valence-corrected chi connectivity index (χ0v) is 17.4. The van der Waals surface area contributed by atoms with E-state index in [0.29, 0.717) is 22.9 Å². The second-order valence-corrected chi connectivity index (χ2v) is 8.61. The van der Waals surface area contributed by atoms with E-state index in [1.165, 1.54) is 4.88 Å². The Kier molecular flexibility index (Phi) is 5.67. The number of carbonyl (C=O) groups is 1. The van der Waals surface area contributed by atoms with Crippen LogP contribution in [-0.4, -0.2) is 22.5 Å². The molecule has 1 aliphatic rings. The summed E-state index contributed by atoms with van der Waals surface area (Å²) in [7, 11) is 0. The van der Waals surface area contributed by atoms with E-state index in [4.69, 9.17) is 9.47 Å². The molecule has 1 aromatic carbocycles. The van der Waals surface area contributed by atoms with Crippen molar-refractivity contribution in [1.29, 1.82) is 0 Å². The normalized spacial score (nSPS) is 17.0. The first kappa shape index (κ1) is 19.6. The van der Waals surface area contributed by atoms with E-state index in [2.05, 4.69) is 16.9 Å². The molecule has 0 saturated heterocycles. The first-order valence-electron chi connectivity index (χ1n) is 9.93.